The van der Waals surface area contributed by atoms with Gasteiger partial charge in [-0.25, -0.2) is 0 Å². The number of methoxy groups -OCH3 is 1. The molecule has 0 saturated carbocycles. The van der Waals surface area contributed by atoms with E-state index < -0.39 is 0 Å². The number of ether oxygens (including phenoxy) is 1. The Morgan fingerprint density at radius 1 is 0.889 bits per heavy atom. The van der Waals surface area contributed by atoms with Gasteiger partial charge in [-0.2, -0.15) is 0 Å². The van der Waals surface area contributed by atoms with Gasteiger partial charge in [-0.05, 0) is 66.4 Å². The quantitative estimate of drug-likeness (QED) is 0.484. The smallest absolute Gasteiger partial charge is 0.256 e. The lowest BCUT2D eigenvalue weighted by Crippen LogP contribution is -2.14. The lowest BCUT2D eigenvalue weighted by molar-refractivity contribution is -0.111. The molecule has 0 unspecified atom stereocenters. The molecule has 0 bridgehead atoms. The topological polar surface area (TPSA) is 38.3 Å². The van der Waals surface area contributed by atoms with Crippen LogP contribution in [0.25, 0.3) is 11.6 Å². The summed E-state index contributed by atoms with van der Waals surface area (Å²) >= 11 is 0. The lowest BCUT2D eigenvalue weighted by Gasteiger charge is -2.11. The molecular weight excluding hydrogens is 334 g/mol. The summed E-state index contributed by atoms with van der Waals surface area (Å²) in [7, 11) is 1.64. The number of aryl methyl sites for hydroxylation is 2. The van der Waals surface area contributed by atoms with Crippen molar-refractivity contribution in [1.82, 2.24) is 0 Å². The molecule has 1 amide bonds. The fourth-order valence-electron chi connectivity index (χ4n) is 3.01. The minimum atomic E-state index is -0.137. The predicted octanol–water partition coefficient (Wildman–Crippen LogP) is 5.49. The van der Waals surface area contributed by atoms with Gasteiger partial charge in [0.15, 0.2) is 0 Å². The second-order valence-corrected chi connectivity index (χ2v) is 6.53. The van der Waals surface area contributed by atoms with Gasteiger partial charge in [-0.3, -0.25) is 4.79 Å². The SMILES string of the molecule is COc1ccc(/C=C(/C(=O)Nc2cc(C)cc(C)c2)c2ccccc2)cc1. The van der Waals surface area contributed by atoms with Gasteiger partial charge in [0.25, 0.3) is 5.91 Å². The van der Waals surface area contributed by atoms with Crippen molar-refractivity contribution < 1.29 is 9.53 Å². The monoisotopic (exact) mass is 357 g/mol. The molecule has 0 heterocycles. The third kappa shape index (κ3) is 4.85. The molecule has 0 radical (unpaired) electrons. The standard InChI is InChI=1S/C24H23NO2/c1-17-13-18(2)15-21(14-17)25-24(26)23(20-7-5-4-6-8-20)16-19-9-11-22(27-3)12-10-19/h4-16H,1-3H3,(H,25,26)/b23-16+. The summed E-state index contributed by atoms with van der Waals surface area (Å²) in [5.74, 6) is 0.648. The van der Waals surface area contributed by atoms with Crippen LogP contribution in [0.5, 0.6) is 5.75 Å². The summed E-state index contributed by atoms with van der Waals surface area (Å²) in [6.07, 6.45) is 1.90. The fourth-order valence-corrected chi connectivity index (χ4v) is 3.01. The Kier molecular flexibility index (Phi) is 5.72. The van der Waals surface area contributed by atoms with Crippen molar-refractivity contribution in [2.45, 2.75) is 13.8 Å². The summed E-state index contributed by atoms with van der Waals surface area (Å²) in [5.41, 5.74) is 5.45. The van der Waals surface area contributed by atoms with E-state index in [1.807, 2.05) is 86.7 Å². The van der Waals surface area contributed by atoms with Crippen molar-refractivity contribution in [3.8, 4) is 5.75 Å². The van der Waals surface area contributed by atoms with Gasteiger partial charge >= 0.3 is 0 Å². The van der Waals surface area contributed by atoms with E-state index in [0.717, 1.165) is 33.7 Å². The molecule has 3 rings (SSSR count). The summed E-state index contributed by atoms with van der Waals surface area (Å²) in [6.45, 7) is 4.04. The van der Waals surface area contributed by atoms with Crippen LogP contribution in [0.3, 0.4) is 0 Å². The maximum atomic E-state index is 13.1. The maximum absolute atomic E-state index is 13.1. The van der Waals surface area contributed by atoms with Gasteiger partial charge in [-0.15, -0.1) is 0 Å². The Morgan fingerprint density at radius 3 is 2.11 bits per heavy atom. The Morgan fingerprint density at radius 2 is 1.52 bits per heavy atom. The number of benzene rings is 3. The van der Waals surface area contributed by atoms with Gasteiger partial charge in [0.1, 0.15) is 5.75 Å². The highest BCUT2D eigenvalue weighted by Crippen LogP contribution is 2.23. The minimum Gasteiger partial charge on any atom is -0.497 e. The number of carbonyl (C=O) groups is 1. The number of nitrogens with one attached hydrogen (secondary N) is 1. The molecule has 3 heteroatoms. The number of carbonyl (C=O) groups excluding carboxylic acids is 1. The molecule has 3 nitrogen and oxygen atoms in total. The van der Waals surface area contributed by atoms with E-state index in [1.54, 1.807) is 7.11 Å². The minimum absolute atomic E-state index is 0.137. The second-order valence-electron chi connectivity index (χ2n) is 6.53. The maximum Gasteiger partial charge on any atom is 0.256 e. The van der Waals surface area contributed by atoms with Crippen LogP contribution in [0.1, 0.15) is 22.3 Å². The first kappa shape index (κ1) is 18.5. The molecule has 0 spiro atoms. The van der Waals surface area contributed by atoms with Gasteiger partial charge in [-0.1, -0.05) is 48.5 Å². The van der Waals surface area contributed by atoms with Crippen molar-refractivity contribution in [3.05, 3.63) is 95.1 Å². The molecule has 0 aliphatic carbocycles. The van der Waals surface area contributed by atoms with Gasteiger partial charge in [0.05, 0.1) is 7.11 Å². The Labute approximate surface area is 160 Å². The summed E-state index contributed by atoms with van der Waals surface area (Å²) < 4.78 is 5.21. The zero-order chi connectivity index (χ0) is 19.2. The summed E-state index contributed by atoms with van der Waals surface area (Å²) in [5, 5.41) is 3.03. The molecule has 0 saturated heterocycles. The van der Waals surface area contributed by atoms with Crippen LogP contribution in [0.4, 0.5) is 5.69 Å². The van der Waals surface area contributed by atoms with Crippen LogP contribution < -0.4 is 10.1 Å². The molecular formula is C24H23NO2. The second kappa shape index (κ2) is 8.37. The van der Waals surface area contributed by atoms with Crippen LogP contribution in [-0.4, -0.2) is 13.0 Å². The van der Waals surface area contributed by atoms with E-state index in [4.69, 9.17) is 4.74 Å². The predicted molar refractivity (Wildman–Crippen MR) is 112 cm³/mol. The highest BCUT2D eigenvalue weighted by atomic mass is 16.5. The first-order valence-electron chi connectivity index (χ1n) is 8.86. The van der Waals surface area contributed by atoms with Crippen LogP contribution in [0, 0.1) is 13.8 Å². The zero-order valence-electron chi connectivity index (χ0n) is 15.8. The third-order valence-electron chi connectivity index (χ3n) is 4.24. The molecule has 0 atom stereocenters. The molecule has 0 fully saturated rings. The van der Waals surface area contributed by atoms with Gasteiger partial charge < -0.3 is 10.1 Å². The van der Waals surface area contributed by atoms with Gasteiger partial charge in [0.2, 0.25) is 0 Å². The Bertz CT molecular complexity index is 937. The fraction of sp³-hybridized carbons (Fsp3) is 0.125. The normalized spacial score (nSPS) is 11.1. The van der Waals surface area contributed by atoms with Crippen molar-refractivity contribution >= 4 is 23.2 Å². The Balaban J connectivity index is 1.96. The number of rotatable bonds is 5. The highest BCUT2D eigenvalue weighted by molar-refractivity contribution is 6.29. The van der Waals surface area contributed by atoms with Crippen molar-refractivity contribution in [2.24, 2.45) is 0 Å². The highest BCUT2D eigenvalue weighted by Gasteiger charge is 2.13. The summed E-state index contributed by atoms with van der Waals surface area (Å²) in [4.78, 5) is 13.1. The first-order chi connectivity index (χ1) is 13.0. The molecule has 0 aliphatic rings. The average Bonchev–Trinajstić information content (AvgIpc) is 2.66. The summed E-state index contributed by atoms with van der Waals surface area (Å²) in [6, 6.07) is 23.4. The van der Waals surface area contributed by atoms with Crippen molar-refractivity contribution in [1.29, 1.82) is 0 Å². The number of anilines is 1. The van der Waals surface area contributed by atoms with Crippen LogP contribution >= 0.6 is 0 Å². The average molecular weight is 357 g/mol. The number of hydrogen-bond donors (Lipinski definition) is 1. The molecule has 0 aliphatic heterocycles. The largest absolute Gasteiger partial charge is 0.497 e. The Hall–Kier alpha value is -3.33. The molecule has 3 aromatic rings. The van der Waals surface area contributed by atoms with E-state index in [-0.39, 0.29) is 5.91 Å². The van der Waals surface area contributed by atoms with E-state index >= 15 is 0 Å². The van der Waals surface area contributed by atoms with E-state index in [2.05, 4.69) is 11.4 Å². The molecule has 1 N–H and O–H groups in total. The first-order valence-corrected chi connectivity index (χ1v) is 8.86. The molecule has 3 aromatic carbocycles. The molecule has 136 valence electrons. The van der Waals surface area contributed by atoms with E-state index in [0.29, 0.717) is 5.57 Å². The van der Waals surface area contributed by atoms with Crippen LogP contribution in [0.15, 0.2) is 72.8 Å². The number of hydrogen-bond acceptors (Lipinski definition) is 2. The van der Waals surface area contributed by atoms with Crippen molar-refractivity contribution in [2.75, 3.05) is 12.4 Å². The van der Waals surface area contributed by atoms with Crippen LogP contribution in [0.2, 0.25) is 0 Å². The third-order valence-corrected chi connectivity index (χ3v) is 4.24. The molecule has 0 aromatic heterocycles. The van der Waals surface area contributed by atoms with E-state index in [1.165, 1.54) is 0 Å². The molecule has 27 heavy (non-hydrogen) atoms. The number of amides is 1. The van der Waals surface area contributed by atoms with Crippen LogP contribution in [-0.2, 0) is 4.79 Å². The van der Waals surface area contributed by atoms with E-state index in [9.17, 15) is 4.79 Å². The van der Waals surface area contributed by atoms with Crippen molar-refractivity contribution in [3.63, 3.8) is 0 Å². The lowest BCUT2D eigenvalue weighted by atomic mass is 10.0. The zero-order valence-corrected chi connectivity index (χ0v) is 15.8. The van der Waals surface area contributed by atoms with Gasteiger partial charge in [0, 0.05) is 11.3 Å².